The fraction of sp³-hybridized carbons (Fsp3) is 0.538. The van der Waals surface area contributed by atoms with Gasteiger partial charge in [0.1, 0.15) is 0 Å². The highest BCUT2D eigenvalue weighted by Gasteiger charge is 2.69. The second-order valence-corrected chi connectivity index (χ2v) is 7.56. The molecule has 6 nitrogen and oxygen atoms in total. The van der Waals surface area contributed by atoms with E-state index in [1.54, 1.807) is 18.2 Å². The standard InChI is InChI=1S/C13H16O6S/c1-20(16,17)12-11(13(12,5-14)6-15)8-2-3-9-10(4-8)19-7-18-9/h2-4,11-12,14-15H,5-7H2,1H3/t11-,12+/m0/s1. The van der Waals surface area contributed by atoms with Crippen LogP contribution in [0.5, 0.6) is 11.5 Å². The Morgan fingerprint density at radius 1 is 1.25 bits per heavy atom. The van der Waals surface area contributed by atoms with Gasteiger partial charge in [0.05, 0.1) is 18.5 Å². The van der Waals surface area contributed by atoms with Crippen molar-refractivity contribution in [2.45, 2.75) is 11.2 Å². The van der Waals surface area contributed by atoms with E-state index in [4.69, 9.17) is 9.47 Å². The second kappa shape index (κ2) is 4.34. The van der Waals surface area contributed by atoms with Crippen LogP contribution in [-0.4, -0.2) is 50.1 Å². The summed E-state index contributed by atoms with van der Waals surface area (Å²) in [6, 6.07) is 5.19. The van der Waals surface area contributed by atoms with E-state index in [0.717, 1.165) is 11.8 Å². The third-order valence-electron chi connectivity index (χ3n) is 4.19. The molecule has 0 unspecified atom stereocenters. The second-order valence-electron chi connectivity index (χ2n) is 5.39. The van der Waals surface area contributed by atoms with Gasteiger partial charge in [-0.25, -0.2) is 8.42 Å². The first-order valence-corrected chi connectivity index (χ1v) is 8.19. The summed E-state index contributed by atoms with van der Waals surface area (Å²) in [4.78, 5) is 0. The molecule has 0 amide bonds. The molecule has 2 atom stereocenters. The van der Waals surface area contributed by atoms with Gasteiger partial charge in [0.15, 0.2) is 21.3 Å². The van der Waals surface area contributed by atoms with Crippen molar-refractivity contribution in [2.24, 2.45) is 5.41 Å². The molecule has 2 N–H and O–H groups in total. The van der Waals surface area contributed by atoms with Crippen LogP contribution in [0, 0.1) is 5.41 Å². The predicted molar refractivity (Wildman–Crippen MR) is 70.5 cm³/mol. The molecule has 1 aromatic rings. The quantitative estimate of drug-likeness (QED) is 0.806. The van der Waals surface area contributed by atoms with Gasteiger partial charge in [-0.2, -0.15) is 0 Å². The zero-order valence-electron chi connectivity index (χ0n) is 10.9. The van der Waals surface area contributed by atoms with Crippen molar-refractivity contribution in [1.82, 2.24) is 0 Å². The topological polar surface area (TPSA) is 93.1 Å². The highest BCUT2D eigenvalue weighted by atomic mass is 32.2. The first kappa shape index (κ1) is 13.7. The number of aliphatic hydroxyl groups is 2. The molecule has 1 aliphatic carbocycles. The van der Waals surface area contributed by atoms with Gasteiger partial charge >= 0.3 is 0 Å². The van der Waals surface area contributed by atoms with Gasteiger partial charge in [-0.15, -0.1) is 0 Å². The molecule has 3 rings (SSSR count). The average molecular weight is 300 g/mol. The Balaban J connectivity index is 2.01. The number of ether oxygens (including phenoxy) is 2. The van der Waals surface area contributed by atoms with Crippen LogP contribution in [0.2, 0.25) is 0 Å². The minimum Gasteiger partial charge on any atom is -0.454 e. The van der Waals surface area contributed by atoms with Gasteiger partial charge in [0.25, 0.3) is 0 Å². The first-order valence-electron chi connectivity index (χ1n) is 6.24. The van der Waals surface area contributed by atoms with E-state index >= 15 is 0 Å². The van der Waals surface area contributed by atoms with E-state index in [9.17, 15) is 18.6 Å². The number of hydrogen-bond acceptors (Lipinski definition) is 6. The largest absolute Gasteiger partial charge is 0.454 e. The lowest BCUT2D eigenvalue weighted by Crippen LogP contribution is -2.22. The summed E-state index contributed by atoms with van der Waals surface area (Å²) >= 11 is 0. The molecule has 1 fully saturated rings. The fourth-order valence-corrected chi connectivity index (χ4v) is 5.16. The highest BCUT2D eigenvalue weighted by Crippen LogP contribution is 2.62. The zero-order valence-corrected chi connectivity index (χ0v) is 11.8. The predicted octanol–water partition coefficient (Wildman–Crippen LogP) is -0.103. The van der Waals surface area contributed by atoms with Gasteiger partial charge in [-0.05, 0) is 17.7 Å². The summed E-state index contributed by atoms with van der Waals surface area (Å²) in [6.07, 6.45) is 1.13. The summed E-state index contributed by atoms with van der Waals surface area (Å²) in [7, 11) is -3.36. The number of aliphatic hydroxyl groups excluding tert-OH is 2. The lowest BCUT2D eigenvalue weighted by molar-refractivity contribution is 0.130. The van der Waals surface area contributed by atoms with Crippen molar-refractivity contribution in [3.63, 3.8) is 0 Å². The Bertz CT molecular complexity index is 634. The van der Waals surface area contributed by atoms with E-state index < -0.39 is 26.4 Å². The van der Waals surface area contributed by atoms with Crippen molar-refractivity contribution in [1.29, 1.82) is 0 Å². The van der Waals surface area contributed by atoms with Crippen molar-refractivity contribution >= 4 is 9.84 Å². The molecule has 20 heavy (non-hydrogen) atoms. The molecule has 0 radical (unpaired) electrons. The summed E-state index contributed by atoms with van der Waals surface area (Å²) in [5.74, 6) is 0.748. The van der Waals surface area contributed by atoms with Crippen LogP contribution in [0.25, 0.3) is 0 Å². The molecule has 1 aliphatic heterocycles. The first-order chi connectivity index (χ1) is 9.44. The normalized spacial score (nSPS) is 26.6. The molecule has 7 heteroatoms. The summed E-state index contributed by atoms with van der Waals surface area (Å²) in [6.45, 7) is -0.606. The molecule has 2 aliphatic rings. The maximum atomic E-state index is 11.9. The van der Waals surface area contributed by atoms with Crippen LogP contribution in [0.1, 0.15) is 11.5 Å². The third kappa shape index (κ3) is 1.81. The molecule has 1 saturated carbocycles. The van der Waals surface area contributed by atoms with Crippen molar-refractivity contribution < 1.29 is 28.1 Å². The Labute approximate surface area is 116 Å². The fourth-order valence-electron chi connectivity index (χ4n) is 3.17. The number of hydrogen-bond donors (Lipinski definition) is 2. The Morgan fingerprint density at radius 3 is 2.45 bits per heavy atom. The van der Waals surface area contributed by atoms with Gasteiger partial charge in [-0.1, -0.05) is 6.07 Å². The molecule has 110 valence electrons. The van der Waals surface area contributed by atoms with Crippen molar-refractivity contribution in [3.05, 3.63) is 23.8 Å². The lowest BCUT2D eigenvalue weighted by atomic mass is 10.0. The number of sulfone groups is 1. The van der Waals surface area contributed by atoms with E-state index in [1.165, 1.54) is 0 Å². The van der Waals surface area contributed by atoms with Crippen LogP contribution in [0.3, 0.4) is 0 Å². The summed E-state index contributed by atoms with van der Waals surface area (Å²) in [5.41, 5.74) is -0.283. The van der Waals surface area contributed by atoms with Crippen LogP contribution >= 0.6 is 0 Å². The van der Waals surface area contributed by atoms with Gasteiger partial charge in [0, 0.05) is 17.6 Å². The van der Waals surface area contributed by atoms with Crippen molar-refractivity contribution in [2.75, 3.05) is 26.3 Å². The van der Waals surface area contributed by atoms with Crippen LogP contribution in [-0.2, 0) is 9.84 Å². The Morgan fingerprint density at radius 2 is 1.90 bits per heavy atom. The van der Waals surface area contributed by atoms with E-state index in [1.807, 2.05) is 0 Å². The maximum absolute atomic E-state index is 11.9. The van der Waals surface area contributed by atoms with Gasteiger partial charge in [-0.3, -0.25) is 0 Å². The average Bonchev–Trinajstić information content (AvgIpc) is 2.89. The lowest BCUT2D eigenvalue weighted by Gasteiger charge is -2.10. The molecule has 0 spiro atoms. The number of rotatable bonds is 4. The molecule has 1 heterocycles. The molecule has 1 aromatic carbocycles. The monoisotopic (exact) mass is 300 g/mol. The van der Waals surface area contributed by atoms with Crippen LogP contribution in [0.4, 0.5) is 0 Å². The molecule has 0 aromatic heterocycles. The summed E-state index contributed by atoms with van der Waals surface area (Å²) in [5, 5.41) is 18.3. The minimum absolute atomic E-state index is 0.143. The van der Waals surface area contributed by atoms with Gasteiger partial charge < -0.3 is 19.7 Å². The molecular weight excluding hydrogens is 284 g/mol. The van der Waals surface area contributed by atoms with E-state index in [-0.39, 0.29) is 20.0 Å². The van der Waals surface area contributed by atoms with E-state index in [0.29, 0.717) is 11.5 Å². The zero-order chi connectivity index (χ0) is 14.5. The molecule has 0 saturated heterocycles. The van der Waals surface area contributed by atoms with Crippen LogP contribution in [0.15, 0.2) is 18.2 Å². The Kier molecular flexibility index (Phi) is 2.97. The van der Waals surface area contributed by atoms with Crippen LogP contribution < -0.4 is 9.47 Å². The Hall–Kier alpha value is -1.31. The molecule has 0 bridgehead atoms. The van der Waals surface area contributed by atoms with E-state index in [2.05, 4.69) is 0 Å². The molecular formula is C13H16O6S. The number of benzene rings is 1. The third-order valence-corrected chi connectivity index (χ3v) is 5.85. The smallest absolute Gasteiger partial charge is 0.231 e. The SMILES string of the molecule is CS(=O)(=O)[C@@H]1[C@H](c2ccc3c(c2)OCO3)C1(CO)CO. The van der Waals surface area contributed by atoms with Crippen molar-refractivity contribution in [3.8, 4) is 11.5 Å². The van der Waals surface area contributed by atoms with Gasteiger partial charge in [0.2, 0.25) is 6.79 Å². The summed E-state index contributed by atoms with van der Waals surface area (Å²) < 4.78 is 34.2. The number of fused-ring (bicyclic) bond motifs is 1. The minimum atomic E-state index is -3.36. The highest BCUT2D eigenvalue weighted by molar-refractivity contribution is 7.91. The maximum Gasteiger partial charge on any atom is 0.231 e.